The van der Waals surface area contributed by atoms with Crippen molar-refractivity contribution in [2.75, 3.05) is 13.7 Å². The van der Waals surface area contributed by atoms with Crippen LogP contribution in [-0.4, -0.2) is 95.5 Å². The molecule has 0 radical (unpaired) electrons. The maximum Gasteiger partial charge on any atom is 0.508 e. The maximum absolute atomic E-state index is 13.5. The number of guanidine groups is 1. The molecule has 0 aromatic carbocycles. The largest absolute Gasteiger partial charge is 0.508 e. The van der Waals surface area contributed by atoms with E-state index in [-0.39, 0.29) is 6.61 Å². The number of amides is 3. The van der Waals surface area contributed by atoms with Crippen LogP contribution in [0.15, 0.2) is 16.8 Å². The van der Waals surface area contributed by atoms with E-state index in [2.05, 4.69) is 4.99 Å². The van der Waals surface area contributed by atoms with Crippen LogP contribution in [-0.2, 0) is 38.0 Å². The molecule has 0 bridgehead atoms. The standard InChI is InChI=1S/C24H36N4O12/c1-23(2,3)39-20(32)27-19(26)28(21(33)40-24(4,5)6)12-9-13(18(30)31)37-16(11(12)8-15(25)29)17(35-7)14-10-36-22(34)38-14/h9,11-12,14,16-17H,8,10H2,1-7H3,(H2,25,29)(H,30,31)(H2,26,27,32)/t11-,12-,14-,16-,17?/m1/s1. The molecule has 224 valence electrons. The second-order valence-electron chi connectivity index (χ2n) is 11.0. The first-order valence-corrected chi connectivity index (χ1v) is 12.2. The van der Waals surface area contributed by atoms with Crippen molar-refractivity contribution in [1.29, 1.82) is 0 Å². The number of primary amides is 1. The highest BCUT2D eigenvalue weighted by Crippen LogP contribution is 2.35. The van der Waals surface area contributed by atoms with Gasteiger partial charge in [-0.2, -0.15) is 0 Å². The first kappa shape index (κ1) is 32.1. The van der Waals surface area contributed by atoms with Crippen molar-refractivity contribution in [2.45, 2.75) is 83.5 Å². The summed E-state index contributed by atoms with van der Waals surface area (Å²) in [5, 5.41) is 9.82. The number of carboxylic acids is 1. The molecule has 2 heterocycles. The highest BCUT2D eigenvalue weighted by Gasteiger charge is 2.51. The van der Waals surface area contributed by atoms with Gasteiger partial charge in [-0.25, -0.2) is 24.1 Å². The lowest BCUT2D eigenvalue weighted by Crippen LogP contribution is -2.60. The van der Waals surface area contributed by atoms with Crippen LogP contribution in [0, 0.1) is 5.92 Å². The summed E-state index contributed by atoms with van der Waals surface area (Å²) >= 11 is 0. The number of cyclic esters (lactones) is 2. The Bertz CT molecular complexity index is 1070. The molecule has 5 atom stereocenters. The number of nitrogens with two attached hydrogens (primary N) is 2. The summed E-state index contributed by atoms with van der Waals surface area (Å²) < 4.78 is 31.7. The Kier molecular flexibility index (Phi) is 9.96. The molecule has 16 nitrogen and oxygen atoms in total. The summed E-state index contributed by atoms with van der Waals surface area (Å²) in [6.45, 7) is 9.17. The number of aliphatic imine (C=N–C) groups is 1. The van der Waals surface area contributed by atoms with Crippen molar-refractivity contribution in [1.82, 2.24) is 4.90 Å². The number of ether oxygens (including phenoxy) is 6. The Morgan fingerprint density at radius 2 is 1.70 bits per heavy atom. The van der Waals surface area contributed by atoms with Crippen molar-refractivity contribution in [3.05, 3.63) is 11.8 Å². The number of rotatable bonds is 7. The van der Waals surface area contributed by atoms with E-state index in [0.29, 0.717) is 4.90 Å². The topological polar surface area (TPSA) is 229 Å². The molecule has 0 aliphatic carbocycles. The van der Waals surface area contributed by atoms with Crippen LogP contribution >= 0.6 is 0 Å². The lowest BCUT2D eigenvalue weighted by molar-refractivity contribution is -0.150. The van der Waals surface area contributed by atoms with Gasteiger partial charge in [0.2, 0.25) is 17.6 Å². The first-order chi connectivity index (χ1) is 18.3. The number of methoxy groups -OCH3 is 1. The summed E-state index contributed by atoms with van der Waals surface area (Å²) in [7, 11) is 1.24. The summed E-state index contributed by atoms with van der Waals surface area (Å²) in [6.07, 6.45) is -6.43. The Morgan fingerprint density at radius 3 is 2.15 bits per heavy atom. The summed E-state index contributed by atoms with van der Waals surface area (Å²) in [5.41, 5.74) is 9.59. The maximum atomic E-state index is 13.5. The monoisotopic (exact) mass is 572 g/mol. The molecule has 2 aliphatic rings. The first-order valence-electron chi connectivity index (χ1n) is 12.2. The van der Waals surface area contributed by atoms with Crippen LogP contribution in [0.1, 0.15) is 48.0 Å². The third-order valence-electron chi connectivity index (χ3n) is 5.40. The fraction of sp³-hybridized carbons (Fsp3) is 0.667. The van der Waals surface area contributed by atoms with E-state index in [1.807, 2.05) is 0 Å². The number of carboxylic acid groups (broad SMARTS) is 1. The normalized spacial score (nSPS) is 24.0. The molecule has 2 aliphatic heterocycles. The van der Waals surface area contributed by atoms with Gasteiger partial charge in [-0.3, -0.25) is 4.79 Å². The third kappa shape index (κ3) is 8.72. The minimum absolute atomic E-state index is 0.269. The molecular formula is C24H36N4O12. The molecule has 40 heavy (non-hydrogen) atoms. The molecule has 0 aromatic rings. The van der Waals surface area contributed by atoms with Gasteiger partial charge in [-0.1, -0.05) is 0 Å². The van der Waals surface area contributed by atoms with Gasteiger partial charge in [-0.15, -0.1) is 4.99 Å². The SMILES string of the molecule is COC([C@H]1COC(=O)O1)[C@@H]1OC(C(=O)O)=C[C@@H](N(C(=O)OC(C)(C)C)C(N)=NC(=O)OC(C)(C)C)[C@H]1CC(N)=O. The fourth-order valence-electron chi connectivity index (χ4n) is 4.03. The van der Waals surface area contributed by atoms with Gasteiger partial charge in [0, 0.05) is 19.4 Å². The lowest BCUT2D eigenvalue weighted by atomic mass is 9.82. The molecule has 3 amide bonds. The molecule has 1 fully saturated rings. The minimum Gasteiger partial charge on any atom is -0.480 e. The molecule has 16 heteroatoms. The summed E-state index contributed by atoms with van der Waals surface area (Å²) in [5.74, 6) is -4.98. The third-order valence-corrected chi connectivity index (χ3v) is 5.40. The van der Waals surface area contributed by atoms with Gasteiger partial charge in [0.25, 0.3) is 0 Å². The minimum atomic E-state index is -1.55. The zero-order chi connectivity index (χ0) is 30.6. The molecule has 0 aromatic heterocycles. The molecule has 1 unspecified atom stereocenters. The highest BCUT2D eigenvalue weighted by molar-refractivity contribution is 5.99. The molecule has 0 saturated carbocycles. The quantitative estimate of drug-likeness (QED) is 0.169. The van der Waals surface area contributed by atoms with Crippen LogP contribution in [0.3, 0.4) is 0 Å². The molecule has 0 spiro atoms. The molecule has 1 saturated heterocycles. The van der Waals surface area contributed by atoms with Crippen molar-refractivity contribution in [3.8, 4) is 0 Å². The van der Waals surface area contributed by atoms with Gasteiger partial charge in [0.15, 0.2) is 6.10 Å². The average Bonchev–Trinajstić information content (AvgIpc) is 3.18. The van der Waals surface area contributed by atoms with Crippen molar-refractivity contribution in [3.63, 3.8) is 0 Å². The van der Waals surface area contributed by atoms with Crippen LogP contribution in [0.2, 0.25) is 0 Å². The Hall–Kier alpha value is -4.08. The molecular weight excluding hydrogens is 536 g/mol. The number of nitrogens with zero attached hydrogens (tertiary/aromatic N) is 2. The van der Waals surface area contributed by atoms with E-state index < -0.39 is 89.8 Å². The number of aliphatic carboxylic acids is 1. The molecule has 2 rings (SSSR count). The second-order valence-corrected chi connectivity index (χ2v) is 11.0. The van der Waals surface area contributed by atoms with Crippen molar-refractivity contribution >= 4 is 36.2 Å². The number of hydrogen-bond acceptors (Lipinski definition) is 11. The second kappa shape index (κ2) is 12.4. The van der Waals surface area contributed by atoms with Gasteiger partial charge in [-0.05, 0) is 47.6 Å². The number of carbonyl (C=O) groups is 5. The fourth-order valence-corrected chi connectivity index (χ4v) is 4.03. The van der Waals surface area contributed by atoms with Crippen LogP contribution in [0.5, 0.6) is 0 Å². The highest BCUT2D eigenvalue weighted by atomic mass is 16.8. The van der Waals surface area contributed by atoms with E-state index in [1.54, 1.807) is 41.5 Å². The zero-order valence-corrected chi connectivity index (χ0v) is 23.4. The molecule has 5 N–H and O–H groups in total. The Morgan fingerprint density at radius 1 is 1.10 bits per heavy atom. The van der Waals surface area contributed by atoms with Gasteiger partial charge >= 0.3 is 24.3 Å². The Labute approximate surface area is 230 Å². The van der Waals surface area contributed by atoms with Gasteiger partial charge in [0.1, 0.15) is 30.0 Å². The Balaban J connectivity index is 2.71. The van der Waals surface area contributed by atoms with E-state index in [4.69, 9.17) is 39.9 Å². The van der Waals surface area contributed by atoms with Crippen LogP contribution in [0.4, 0.5) is 14.4 Å². The summed E-state index contributed by atoms with van der Waals surface area (Å²) in [6, 6.07) is -1.44. The van der Waals surface area contributed by atoms with Crippen LogP contribution < -0.4 is 11.5 Å². The van der Waals surface area contributed by atoms with E-state index in [1.165, 1.54) is 7.11 Å². The van der Waals surface area contributed by atoms with Crippen molar-refractivity contribution in [2.24, 2.45) is 22.4 Å². The zero-order valence-electron chi connectivity index (χ0n) is 23.4. The number of carbonyl (C=O) groups excluding carboxylic acids is 4. The van der Waals surface area contributed by atoms with Gasteiger partial charge in [0.05, 0.1) is 6.04 Å². The van der Waals surface area contributed by atoms with E-state index in [9.17, 15) is 29.1 Å². The number of hydrogen-bond donors (Lipinski definition) is 3. The predicted molar refractivity (Wildman–Crippen MR) is 135 cm³/mol. The summed E-state index contributed by atoms with van der Waals surface area (Å²) in [4.78, 5) is 66.1. The van der Waals surface area contributed by atoms with Gasteiger partial charge < -0.3 is 45.0 Å². The van der Waals surface area contributed by atoms with E-state index in [0.717, 1.165) is 6.08 Å². The average molecular weight is 573 g/mol. The lowest BCUT2D eigenvalue weighted by Gasteiger charge is -2.43. The van der Waals surface area contributed by atoms with Crippen molar-refractivity contribution < 1.29 is 57.5 Å². The van der Waals surface area contributed by atoms with E-state index >= 15 is 0 Å². The van der Waals surface area contributed by atoms with Crippen LogP contribution in [0.25, 0.3) is 0 Å². The predicted octanol–water partition coefficient (Wildman–Crippen LogP) is 1.25. The smallest absolute Gasteiger partial charge is 0.480 e.